The largest absolute Gasteiger partial charge is 0.388 e. The molecule has 3 nitrogen and oxygen atoms in total. The van der Waals surface area contributed by atoms with Gasteiger partial charge in [-0.05, 0) is 42.9 Å². The van der Waals surface area contributed by atoms with Crippen LogP contribution in [-0.4, -0.2) is 14.7 Å². The summed E-state index contributed by atoms with van der Waals surface area (Å²) in [5, 5.41) is 10.1. The van der Waals surface area contributed by atoms with Crippen LogP contribution in [0.1, 0.15) is 42.1 Å². The van der Waals surface area contributed by atoms with Crippen LogP contribution < -0.4 is 0 Å². The van der Waals surface area contributed by atoms with Crippen LogP contribution in [0, 0.1) is 0 Å². The summed E-state index contributed by atoms with van der Waals surface area (Å²) in [4.78, 5) is 4.14. The maximum atomic E-state index is 10.1. The van der Waals surface area contributed by atoms with E-state index in [9.17, 15) is 5.11 Å². The summed E-state index contributed by atoms with van der Waals surface area (Å²) in [6.45, 7) is 0.950. The normalized spacial score (nSPS) is 18.9. The molecular weight excluding hydrogens is 236 g/mol. The van der Waals surface area contributed by atoms with Crippen LogP contribution >= 0.6 is 0 Å². The maximum absolute atomic E-state index is 10.1. The highest BCUT2D eigenvalue weighted by molar-refractivity contribution is 5.28. The summed E-state index contributed by atoms with van der Waals surface area (Å²) < 4.78 is 2.21. The molecule has 0 aliphatic heterocycles. The van der Waals surface area contributed by atoms with Gasteiger partial charge in [-0.15, -0.1) is 0 Å². The highest BCUT2D eigenvalue weighted by Gasteiger charge is 2.18. The lowest BCUT2D eigenvalue weighted by molar-refractivity contribution is 0.166. The Kier molecular flexibility index (Phi) is 3.65. The molecule has 0 spiro atoms. The van der Waals surface area contributed by atoms with Crippen LogP contribution in [-0.2, 0) is 19.4 Å². The summed E-state index contributed by atoms with van der Waals surface area (Å²) in [7, 11) is 0. The van der Waals surface area contributed by atoms with Crippen LogP contribution in [0.4, 0.5) is 0 Å². The fraction of sp³-hybridized carbons (Fsp3) is 0.438. The predicted molar refractivity (Wildman–Crippen MR) is 74.9 cm³/mol. The van der Waals surface area contributed by atoms with Gasteiger partial charge in [0.05, 0.1) is 6.10 Å². The van der Waals surface area contributed by atoms with Gasteiger partial charge < -0.3 is 9.67 Å². The van der Waals surface area contributed by atoms with Crippen molar-refractivity contribution >= 4 is 0 Å². The molecule has 2 aromatic rings. The Balaban J connectivity index is 1.71. The van der Waals surface area contributed by atoms with E-state index in [-0.39, 0.29) is 6.10 Å². The van der Waals surface area contributed by atoms with E-state index in [4.69, 9.17) is 0 Å². The highest BCUT2D eigenvalue weighted by atomic mass is 16.3. The van der Waals surface area contributed by atoms with Gasteiger partial charge in [0.15, 0.2) is 0 Å². The van der Waals surface area contributed by atoms with Gasteiger partial charge in [-0.1, -0.05) is 12.5 Å². The number of rotatable bonds is 3. The van der Waals surface area contributed by atoms with Crippen molar-refractivity contribution in [2.45, 2.75) is 44.8 Å². The lowest BCUT2D eigenvalue weighted by Gasteiger charge is -2.06. The van der Waals surface area contributed by atoms with Crippen molar-refractivity contribution in [3.63, 3.8) is 0 Å². The first-order chi connectivity index (χ1) is 9.33. The minimum absolute atomic E-state index is 0.267. The Bertz CT molecular complexity index is 533. The average molecular weight is 256 g/mol. The molecule has 100 valence electrons. The zero-order chi connectivity index (χ0) is 13.1. The number of nitrogens with zero attached hydrogens (tertiary/aromatic N) is 2. The molecule has 2 aromatic heterocycles. The lowest BCUT2D eigenvalue weighted by Crippen LogP contribution is -2.00. The summed E-state index contributed by atoms with van der Waals surface area (Å²) in [6, 6.07) is 4.08. The first kappa shape index (κ1) is 12.4. The molecule has 0 saturated carbocycles. The minimum Gasteiger partial charge on any atom is -0.388 e. The fourth-order valence-corrected chi connectivity index (χ4v) is 2.82. The Morgan fingerprint density at radius 3 is 3.11 bits per heavy atom. The molecule has 1 N–H and O–H groups in total. The number of fused-ring (bicyclic) bond motifs is 1. The van der Waals surface area contributed by atoms with E-state index >= 15 is 0 Å². The van der Waals surface area contributed by atoms with Gasteiger partial charge in [0.2, 0.25) is 0 Å². The Morgan fingerprint density at radius 2 is 2.26 bits per heavy atom. The lowest BCUT2D eigenvalue weighted by atomic mass is 10.1. The van der Waals surface area contributed by atoms with Crippen molar-refractivity contribution < 1.29 is 5.11 Å². The van der Waals surface area contributed by atoms with E-state index in [1.54, 1.807) is 6.20 Å². The van der Waals surface area contributed by atoms with Gasteiger partial charge >= 0.3 is 0 Å². The number of aromatic nitrogens is 2. The van der Waals surface area contributed by atoms with Gasteiger partial charge in [0.1, 0.15) is 0 Å². The molecule has 1 atom stereocenters. The number of pyridine rings is 1. The Hall–Kier alpha value is -1.61. The van der Waals surface area contributed by atoms with E-state index in [1.165, 1.54) is 17.5 Å². The number of aryl methyl sites for hydroxylation is 3. The molecule has 3 heteroatoms. The number of aliphatic hydroxyl groups is 1. The van der Waals surface area contributed by atoms with Gasteiger partial charge in [-0.25, -0.2) is 0 Å². The summed E-state index contributed by atoms with van der Waals surface area (Å²) in [5.74, 6) is 0. The van der Waals surface area contributed by atoms with Gasteiger partial charge in [0.25, 0.3) is 0 Å². The van der Waals surface area contributed by atoms with Crippen LogP contribution in [0.25, 0.3) is 0 Å². The third kappa shape index (κ3) is 2.87. The molecule has 0 saturated heterocycles. The third-order valence-electron chi connectivity index (χ3n) is 3.91. The van der Waals surface area contributed by atoms with Crippen LogP contribution in [0.2, 0.25) is 0 Å². The third-order valence-corrected chi connectivity index (χ3v) is 3.91. The molecule has 0 radical (unpaired) electrons. The molecule has 0 amide bonds. The van der Waals surface area contributed by atoms with Crippen LogP contribution in [0.15, 0.2) is 36.9 Å². The number of hydrogen-bond donors (Lipinski definition) is 1. The topological polar surface area (TPSA) is 38.0 Å². The standard InChI is InChI=1S/C16H20N2O/c19-16-6-2-1-5-14-11-18(12-15(14)16)9-7-13-4-3-8-17-10-13/h3-4,8,10-12,16,19H,1-2,5-7,9H2. The second-order valence-electron chi connectivity index (χ2n) is 5.35. The molecule has 19 heavy (non-hydrogen) atoms. The van der Waals surface area contributed by atoms with Gasteiger partial charge in [-0.3, -0.25) is 4.98 Å². The van der Waals surface area contributed by atoms with Crippen LogP contribution in [0.5, 0.6) is 0 Å². The molecular formula is C16H20N2O. The van der Waals surface area contributed by atoms with Gasteiger partial charge in [-0.2, -0.15) is 0 Å². The van der Waals surface area contributed by atoms with Gasteiger partial charge in [0, 0.05) is 36.9 Å². The van der Waals surface area contributed by atoms with Crippen LogP contribution in [0.3, 0.4) is 0 Å². The molecule has 1 unspecified atom stereocenters. The molecule has 1 aliphatic carbocycles. The second-order valence-corrected chi connectivity index (χ2v) is 5.35. The zero-order valence-corrected chi connectivity index (χ0v) is 11.1. The minimum atomic E-state index is -0.267. The smallest absolute Gasteiger partial charge is 0.0807 e. The van der Waals surface area contributed by atoms with Crippen molar-refractivity contribution in [1.29, 1.82) is 0 Å². The number of hydrogen-bond acceptors (Lipinski definition) is 2. The van der Waals surface area contributed by atoms with Crippen molar-refractivity contribution in [3.05, 3.63) is 53.6 Å². The SMILES string of the molecule is OC1CCCCc2cn(CCc3cccnc3)cc21. The van der Waals surface area contributed by atoms with E-state index in [2.05, 4.69) is 28.0 Å². The summed E-state index contributed by atoms with van der Waals surface area (Å²) >= 11 is 0. The van der Waals surface area contributed by atoms with E-state index in [0.717, 1.165) is 37.8 Å². The van der Waals surface area contributed by atoms with E-state index in [0.29, 0.717) is 0 Å². The van der Waals surface area contributed by atoms with Crippen molar-refractivity contribution in [3.8, 4) is 0 Å². The van der Waals surface area contributed by atoms with Crippen molar-refractivity contribution in [2.75, 3.05) is 0 Å². The Labute approximate surface area is 113 Å². The molecule has 2 heterocycles. The second kappa shape index (κ2) is 5.57. The van der Waals surface area contributed by atoms with Crippen molar-refractivity contribution in [2.24, 2.45) is 0 Å². The molecule has 3 rings (SSSR count). The van der Waals surface area contributed by atoms with Crippen molar-refractivity contribution in [1.82, 2.24) is 9.55 Å². The number of aliphatic hydroxyl groups excluding tert-OH is 1. The monoisotopic (exact) mass is 256 g/mol. The first-order valence-corrected chi connectivity index (χ1v) is 7.08. The molecule has 0 fully saturated rings. The average Bonchev–Trinajstić information content (AvgIpc) is 2.78. The summed E-state index contributed by atoms with van der Waals surface area (Å²) in [5.41, 5.74) is 3.73. The first-order valence-electron chi connectivity index (χ1n) is 7.08. The molecule has 0 aromatic carbocycles. The zero-order valence-electron chi connectivity index (χ0n) is 11.1. The maximum Gasteiger partial charge on any atom is 0.0807 e. The molecule has 0 bridgehead atoms. The summed E-state index contributed by atoms with van der Waals surface area (Å²) in [6.07, 6.45) is 13.1. The predicted octanol–water partition coefficient (Wildman–Crippen LogP) is 2.89. The quantitative estimate of drug-likeness (QED) is 0.857. The highest BCUT2D eigenvalue weighted by Crippen LogP contribution is 2.29. The fourth-order valence-electron chi connectivity index (χ4n) is 2.82. The van der Waals surface area contributed by atoms with E-state index in [1.807, 2.05) is 12.3 Å². The Morgan fingerprint density at radius 1 is 1.32 bits per heavy atom. The molecule has 1 aliphatic rings. The van der Waals surface area contributed by atoms with E-state index < -0.39 is 0 Å².